The summed E-state index contributed by atoms with van der Waals surface area (Å²) in [4.78, 5) is 0. The first-order valence-electron chi connectivity index (χ1n) is 15.5. The first kappa shape index (κ1) is 32.6. The Bertz CT molecular complexity index is 1150. The van der Waals surface area contributed by atoms with Crippen LogP contribution in [0.5, 0.6) is 0 Å². The number of benzene rings is 2. The molecule has 0 N–H and O–H groups in total. The van der Waals surface area contributed by atoms with Crippen LogP contribution >= 0.6 is 0 Å². The summed E-state index contributed by atoms with van der Waals surface area (Å²) in [6.45, 7) is 30.0. The lowest BCUT2D eigenvalue weighted by molar-refractivity contribution is 0.241. The van der Waals surface area contributed by atoms with Crippen molar-refractivity contribution in [3.05, 3.63) is 109 Å². The van der Waals surface area contributed by atoms with E-state index in [0.29, 0.717) is 17.8 Å². The second-order valence-electron chi connectivity index (χ2n) is 12.8. The maximum atomic E-state index is 5.65. The summed E-state index contributed by atoms with van der Waals surface area (Å²) in [5.41, 5.74) is 3.24. The average Bonchev–Trinajstić information content (AvgIpc) is 3.56. The quantitative estimate of drug-likeness (QED) is 0.353. The molecule has 6 unspecified atom stereocenters. The zero-order valence-electron chi connectivity index (χ0n) is 26.8. The van der Waals surface area contributed by atoms with Crippen LogP contribution in [0.15, 0.2) is 97.7 Å². The molecule has 224 valence electrons. The van der Waals surface area contributed by atoms with E-state index >= 15 is 0 Å². The van der Waals surface area contributed by atoms with Crippen LogP contribution in [-0.2, 0) is 20.6 Å². The fourth-order valence-electron chi connectivity index (χ4n) is 6.16. The molecule has 3 heteroatoms. The summed E-state index contributed by atoms with van der Waals surface area (Å²) in [5, 5.41) is 0. The van der Waals surface area contributed by atoms with Gasteiger partial charge in [-0.1, -0.05) is 129 Å². The summed E-state index contributed by atoms with van der Waals surface area (Å²) >= 11 is 0. The van der Waals surface area contributed by atoms with Gasteiger partial charge in [0.05, 0.1) is 37.1 Å². The summed E-state index contributed by atoms with van der Waals surface area (Å²) in [6, 6.07) is 21.2. The largest absolute Gasteiger partial charge is 0.498 e. The fourth-order valence-corrected chi connectivity index (χ4v) is 6.16. The van der Waals surface area contributed by atoms with Crippen molar-refractivity contribution in [1.29, 1.82) is 0 Å². The van der Waals surface area contributed by atoms with Crippen molar-refractivity contribution in [3.63, 3.8) is 0 Å². The first-order chi connectivity index (χ1) is 19.5. The Morgan fingerprint density at radius 3 is 1.59 bits per heavy atom. The van der Waals surface area contributed by atoms with Gasteiger partial charge in [0.25, 0.3) is 0 Å². The van der Waals surface area contributed by atoms with Crippen molar-refractivity contribution < 1.29 is 14.2 Å². The summed E-state index contributed by atoms with van der Waals surface area (Å²) in [7, 11) is 0. The second-order valence-corrected chi connectivity index (χ2v) is 12.8. The molecular formula is C38H54O3. The molecule has 0 amide bonds. The lowest BCUT2D eigenvalue weighted by Gasteiger charge is -2.28. The smallest absolute Gasteiger partial charge is 0.0955 e. The number of hydrogen-bond donors (Lipinski definition) is 0. The van der Waals surface area contributed by atoms with E-state index in [2.05, 4.69) is 129 Å². The van der Waals surface area contributed by atoms with E-state index in [1.54, 1.807) is 0 Å². The van der Waals surface area contributed by atoms with Gasteiger partial charge in [0, 0.05) is 34.0 Å². The third-order valence-corrected chi connectivity index (χ3v) is 10.8. The molecule has 41 heavy (non-hydrogen) atoms. The van der Waals surface area contributed by atoms with Gasteiger partial charge in [-0.05, 0) is 36.8 Å². The number of ether oxygens (including phenoxy) is 3. The first-order valence-corrected chi connectivity index (χ1v) is 15.5. The Morgan fingerprint density at radius 2 is 1.10 bits per heavy atom. The molecule has 6 atom stereocenters. The highest BCUT2D eigenvalue weighted by Crippen LogP contribution is 2.50. The van der Waals surface area contributed by atoms with Crippen LogP contribution in [0.25, 0.3) is 0 Å². The zero-order chi connectivity index (χ0) is 30.3. The van der Waals surface area contributed by atoms with Gasteiger partial charge in [0.15, 0.2) is 0 Å². The number of rotatable bonds is 6. The van der Waals surface area contributed by atoms with Crippen molar-refractivity contribution in [2.45, 2.75) is 80.1 Å². The van der Waals surface area contributed by atoms with Gasteiger partial charge in [-0.15, -0.1) is 0 Å². The topological polar surface area (TPSA) is 27.7 Å². The highest BCUT2D eigenvalue weighted by atomic mass is 16.5. The Balaban J connectivity index is 0.000000174. The SMILES string of the molecule is C=C1OCC(C)C1(C)CC.C=C1OCC(Cc2ccccc2)C1(C)CC.C=C1OCC(c2ccccc2)C1(C)CC. The molecule has 0 saturated carbocycles. The Morgan fingerprint density at radius 1 is 0.634 bits per heavy atom. The van der Waals surface area contributed by atoms with Crippen LogP contribution in [0.4, 0.5) is 0 Å². The van der Waals surface area contributed by atoms with Crippen molar-refractivity contribution in [3.8, 4) is 0 Å². The fraction of sp³-hybridized carbons (Fsp3) is 0.526. The molecule has 3 nitrogen and oxygen atoms in total. The van der Waals surface area contributed by atoms with Gasteiger partial charge in [-0.2, -0.15) is 0 Å². The van der Waals surface area contributed by atoms with Crippen LogP contribution in [0, 0.1) is 28.1 Å². The number of hydrogen-bond acceptors (Lipinski definition) is 3. The molecule has 0 radical (unpaired) electrons. The van der Waals surface area contributed by atoms with Gasteiger partial charge >= 0.3 is 0 Å². The third-order valence-electron chi connectivity index (χ3n) is 10.8. The van der Waals surface area contributed by atoms with Crippen molar-refractivity contribution >= 4 is 0 Å². The number of allylic oxidation sites excluding steroid dienone is 3. The van der Waals surface area contributed by atoms with E-state index in [1.807, 2.05) is 0 Å². The molecule has 0 aromatic heterocycles. The van der Waals surface area contributed by atoms with E-state index in [0.717, 1.165) is 62.8 Å². The lowest BCUT2D eigenvalue weighted by atomic mass is 9.73. The van der Waals surface area contributed by atoms with Crippen LogP contribution in [0.1, 0.15) is 84.8 Å². The molecule has 3 fully saturated rings. The van der Waals surface area contributed by atoms with Gasteiger partial charge in [-0.3, -0.25) is 0 Å². The summed E-state index contributed by atoms with van der Waals surface area (Å²) in [5.74, 6) is 4.53. The van der Waals surface area contributed by atoms with Crippen LogP contribution < -0.4 is 0 Å². The Kier molecular flexibility index (Phi) is 11.0. The molecule has 3 aliphatic rings. The maximum absolute atomic E-state index is 5.65. The Labute approximate surface area is 250 Å². The van der Waals surface area contributed by atoms with E-state index < -0.39 is 0 Å². The molecule has 0 spiro atoms. The average molecular weight is 559 g/mol. The van der Waals surface area contributed by atoms with E-state index in [4.69, 9.17) is 14.2 Å². The van der Waals surface area contributed by atoms with Crippen molar-refractivity contribution in [2.24, 2.45) is 28.1 Å². The highest BCUT2D eigenvalue weighted by Gasteiger charge is 2.44. The molecule has 2 aromatic carbocycles. The van der Waals surface area contributed by atoms with E-state index in [1.165, 1.54) is 11.1 Å². The summed E-state index contributed by atoms with van der Waals surface area (Å²) < 4.78 is 16.7. The van der Waals surface area contributed by atoms with Gasteiger partial charge < -0.3 is 14.2 Å². The maximum Gasteiger partial charge on any atom is 0.0955 e. The van der Waals surface area contributed by atoms with Crippen LogP contribution in [0.3, 0.4) is 0 Å². The second kappa shape index (κ2) is 13.8. The predicted octanol–water partition coefficient (Wildman–Crippen LogP) is 10.1. The minimum atomic E-state index is 0.0986. The molecule has 3 saturated heterocycles. The molecular weight excluding hydrogens is 504 g/mol. The van der Waals surface area contributed by atoms with Gasteiger partial charge in [0.2, 0.25) is 0 Å². The highest BCUT2D eigenvalue weighted by molar-refractivity contribution is 5.28. The molecule has 0 bridgehead atoms. The molecule has 3 aliphatic heterocycles. The van der Waals surface area contributed by atoms with Crippen LogP contribution in [-0.4, -0.2) is 19.8 Å². The van der Waals surface area contributed by atoms with Crippen molar-refractivity contribution in [1.82, 2.24) is 0 Å². The lowest BCUT2D eigenvalue weighted by Crippen LogP contribution is -2.25. The van der Waals surface area contributed by atoms with Crippen molar-refractivity contribution in [2.75, 3.05) is 19.8 Å². The third kappa shape index (κ3) is 6.93. The molecule has 5 rings (SSSR count). The molecule has 2 aromatic rings. The zero-order valence-corrected chi connectivity index (χ0v) is 26.8. The minimum absolute atomic E-state index is 0.0986. The molecule has 0 aliphatic carbocycles. The van der Waals surface area contributed by atoms with E-state index in [9.17, 15) is 0 Å². The summed E-state index contributed by atoms with van der Waals surface area (Å²) in [6.07, 6.45) is 4.39. The normalized spacial score (nSPS) is 32.2. The van der Waals surface area contributed by atoms with Gasteiger partial charge in [0.1, 0.15) is 0 Å². The molecule has 3 heterocycles. The monoisotopic (exact) mass is 558 g/mol. The van der Waals surface area contributed by atoms with Crippen LogP contribution in [0.2, 0.25) is 0 Å². The Hall–Kier alpha value is -2.94. The minimum Gasteiger partial charge on any atom is -0.498 e. The van der Waals surface area contributed by atoms with E-state index in [-0.39, 0.29) is 16.2 Å². The standard InChI is InChI=1S/C15H20O.C14H18O.C9H16O/c1-4-15(3)12(2)16-11-14(15)10-13-8-6-5-7-9-13;1-4-14(3)11(2)15-10-13(14)12-8-6-5-7-9-12;1-5-9(4)7(2)6-10-8(9)3/h5-9,14H,2,4,10-11H2,1,3H3;5-9,13H,2,4,10H2,1,3H3;7H,3,5-6H2,1-2,4H3. The predicted molar refractivity (Wildman–Crippen MR) is 172 cm³/mol. The van der Waals surface area contributed by atoms with Gasteiger partial charge in [-0.25, -0.2) is 0 Å².